The number of rotatable bonds is 1. The molecule has 0 N–H and O–H groups in total. The minimum absolute atomic E-state index is 1.12. The van der Waals surface area contributed by atoms with Crippen LogP contribution in [-0.2, 0) is 0 Å². The van der Waals surface area contributed by atoms with Crippen molar-refractivity contribution in [3.05, 3.63) is 56.6 Å². The highest BCUT2D eigenvalue weighted by Crippen LogP contribution is 2.39. The number of halogens is 2. The van der Waals surface area contributed by atoms with Gasteiger partial charge < -0.3 is 0 Å². The van der Waals surface area contributed by atoms with Crippen molar-refractivity contribution in [2.45, 2.75) is 0 Å². The molecule has 2 aromatic carbocycles. The molecule has 3 aromatic rings. The van der Waals surface area contributed by atoms with E-state index in [2.05, 4.69) is 87.1 Å². The zero-order valence-corrected chi connectivity index (χ0v) is 13.3. The molecular weight excluding hydrogens is 407 g/mol. The molecule has 0 fully saturated rings. The second-order valence-electron chi connectivity index (χ2n) is 3.75. The molecular formula is C14H8BrIS. The number of fused-ring (bicyclic) bond motifs is 1. The lowest BCUT2D eigenvalue weighted by molar-refractivity contribution is 1.64. The topological polar surface area (TPSA) is 0 Å². The molecule has 0 bridgehead atoms. The second-order valence-corrected chi connectivity index (χ2v) is 6.79. The van der Waals surface area contributed by atoms with Crippen molar-refractivity contribution in [1.82, 2.24) is 0 Å². The summed E-state index contributed by atoms with van der Waals surface area (Å²) in [5.74, 6) is 0. The lowest BCUT2D eigenvalue weighted by Crippen LogP contribution is -1.75. The molecule has 0 aliphatic carbocycles. The van der Waals surface area contributed by atoms with Crippen LogP contribution in [0, 0.1) is 3.57 Å². The van der Waals surface area contributed by atoms with Crippen molar-refractivity contribution in [3.8, 4) is 10.4 Å². The van der Waals surface area contributed by atoms with Crippen molar-refractivity contribution in [1.29, 1.82) is 0 Å². The minimum Gasteiger partial charge on any atom is -0.134 e. The van der Waals surface area contributed by atoms with E-state index in [9.17, 15) is 0 Å². The van der Waals surface area contributed by atoms with E-state index in [0.717, 1.165) is 4.47 Å². The Bertz CT molecular complexity index is 670. The highest BCUT2D eigenvalue weighted by Gasteiger charge is 2.10. The largest absolute Gasteiger partial charge is 0.134 e. The van der Waals surface area contributed by atoms with Crippen LogP contribution in [0.25, 0.3) is 20.5 Å². The predicted octanol–water partition coefficient (Wildman–Crippen LogP) is 5.94. The van der Waals surface area contributed by atoms with Crippen molar-refractivity contribution >= 4 is 59.9 Å². The number of thiophene rings is 1. The van der Waals surface area contributed by atoms with Gasteiger partial charge in [-0.15, -0.1) is 11.3 Å². The van der Waals surface area contributed by atoms with Crippen LogP contribution >= 0.6 is 49.9 Å². The van der Waals surface area contributed by atoms with Gasteiger partial charge in [-0.25, -0.2) is 0 Å². The van der Waals surface area contributed by atoms with Gasteiger partial charge in [0.05, 0.1) is 0 Å². The molecule has 1 aromatic heterocycles. The van der Waals surface area contributed by atoms with E-state index in [0.29, 0.717) is 0 Å². The quantitative estimate of drug-likeness (QED) is 0.432. The van der Waals surface area contributed by atoms with Gasteiger partial charge in [-0.05, 0) is 46.4 Å². The first-order valence-corrected chi connectivity index (χ1v) is 7.87. The molecule has 0 saturated carbocycles. The highest BCUT2D eigenvalue weighted by atomic mass is 127. The fourth-order valence-electron chi connectivity index (χ4n) is 1.80. The Hall–Kier alpha value is -0.390. The number of hydrogen-bond donors (Lipinski definition) is 0. The van der Waals surface area contributed by atoms with Crippen LogP contribution in [0.1, 0.15) is 0 Å². The molecule has 0 aliphatic rings. The monoisotopic (exact) mass is 414 g/mol. The Kier molecular flexibility index (Phi) is 3.23. The fourth-order valence-corrected chi connectivity index (χ4v) is 4.46. The maximum Gasteiger partial charge on any atom is 0.0488 e. The normalized spacial score (nSPS) is 10.9. The zero-order valence-electron chi connectivity index (χ0n) is 8.78. The molecule has 3 heteroatoms. The molecule has 0 aliphatic heterocycles. The zero-order chi connectivity index (χ0) is 11.8. The van der Waals surface area contributed by atoms with Crippen molar-refractivity contribution in [2.75, 3.05) is 0 Å². The van der Waals surface area contributed by atoms with Crippen LogP contribution in [0.4, 0.5) is 0 Å². The van der Waals surface area contributed by atoms with Crippen LogP contribution in [-0.4, -0.2) is 0 Å². The maximum atomic E-state index is 3.47. The SMILES string of the molecule is Brc1ccc(-c2sc3ccccc3c2I)cc1. The summed E-state index contributed by atoms with van der Waals surface area (Å²) >= 11 is 7.78. The molecule has 0 spiro atoms. The van der Waals surface area contributed by atoms with Crippen LogP contribution in [0.3, 0.4) is 0 Å². The third-order valence-electron chi connectivity index (χ3n) is 2.64. The average Bonchev–Trinajstić information content (AvgIpc) is 2.69. The first kappa shape index (κ1) is 11.7. The third-order valence-corrected chi connectivity index (χ3v) is 5.88. The Morgan fingerprint density at radius 2 is 1.65 bits per heavy atom. The first-order valence-electron chi connectivity index (χ1n) is 5.18. The van der Waals surface area contributed by atoms with Crippen LogP contribution in [0.2, 0.25) is 0 Å². The van der Waals surface area contributed by atoms with Gasteiger partial charge in [0.15, 0.2) is 0 Å². The van der Waals surface area contributed by atoms with Crippen molar-refractivity contribution < 1.29 is 0 Å². The summed E-state index contributed by atoms with van der Waals surface area (Å²) in [7, 11) is 0. The minimum atomic E-state index is 1.12. The summed E-state index contributed by atoms with van der Waals surface area (Å²) in [4.78, 5) is 1.36. The smallest absolute Gasteiger partial charge is 0.0488 e. The lowest BCUT2D eigenvalue weighted by Gasteiger charge is -1.98. The van der Waals surface area contributed by atoms with Gasteiger partial charge >= 0.3 is 0 Å². The molecule has 0 unspecified atom stereocenters. The molecule has 1 heterocycles. The average molecular weight is 415 g/mol. The van der Waals surface area contributed by atoms with Crippen LogP contribution in [0.5, 0.6) is 0 Å². The van der Waals surface area contributed by atoms with E-state index in [1.165, 1.54) is 24.1 Å². The molecule has 17 heavy (non-hydrogen) atoms. The van der Waals surface area contributed by atoms with E-state index < -0.39 is 0 Å². The molecule has 3 rings (SSSR count). The maximum absolute atomic E-state index is 3.47. The van der Waals surface area contributed by atoms with Gasteiger partial charge in [-0.3, -0.25) is 0 Å². The molecule has 0 amide bonds. The van der Waals surface area contributed by atoms with Crippen LogP contribution < -0.4 is 0 Å². The Balaban J connectivity index is 2.24. The number of hydrogen-bond acceptors (Lipinski definition) is 1. The van der Waals surface area contributed by atoms with Gasteiger partial charge in [-0.1, -0.05) is 46.3 Å². The van der Waals surface area contributed by atoms with Gasteiger partial charge in [0.2, 0.25) is 0 Å². The molecule has 0 nitrogen and oxygen atoms in total. The van der Waals surface area contributed by atoms with Gasteiger partial charge in [0.1, 0.15) is 0 Å². The van der Waals surface area contributed by atoms with Crippen LogP contribution in [0.15, 0.2) is 53.0 Å². The second kappa shape index (κ2) is 4.71. The summed E-state index contributed by atoms with van der Waals surface area (Å²) in [6, 6.07) is 17.1. The van der Waals surface area contributed by atoms with Gasteiger partial charge in [-0.2, -0.15) is 0 Å². The molecule has 0 radical (unpaired) electrons. The molecule has 84 valence electrons. The standard InChI is InChI=1S/C14H8BrIS/c15-10-7-5-9(6-8-10)14-13(16)11-3-1-2-4-12(11)17-14/h1-8H. The molecule has 0 saturated heterocycles. The number of benzene rings is 2. The summed E-state index contributed by atoms with van der Waals surface area (Å²) in [6.07, 6.45) is 0. The summed E-state index contributed by atoms with van der Waals surface area (Å²) in [6.45, 7) is 0. The van der Waals surface area contributed by atoms with Gasteiger partial charge in [0.25, 0.3) is 0 Å². The molecule has 0 atom stereocenters. The van der Waals surface area contributed by atoms with E-state index >= 15 is 0 Å². The van der Waals surface area contributed by atoms with E-state index in [4.69, 9.17) is 0 Å². The van der Waals surface area contributed by atoms with E-state index in [-0.39, 0.29) is 0 Å². The first-order chi connectivity index (χ1) is 8.25. The van der Waals surface area contributed by atoms with E-state index in [1.54, 1.807) is 0 Å². The van der Waals surface area contributed by atoms with Crippen molar-refractivity contribution in [2.24, 2.45) is 0 Å². The highest BCUT2D eigenvalue weighted by molar-refractivity contribution is 14.1. The van der Waals surface area contributed by atoms with Crippen molar-refractivity contribution in [3.63, 3.8) is 0 Å². The Morgan fingerprint density at radius 1 is 0.941 bits per heavy atom. The third kappa shape index (κ3) is 2.16. The summed E-state index contributed by atoms with van der Waals surface area (Å²) < 4.78 is 3.83. The lowest BCUT2D eigenvalue weighted by atomic mass is 10.1. The summed E-state index contributed by atoms with van der Waals surface area (Å²) in [5, 5.41) is 1.36. The van der Waals surface area contributed by atoms with Gasteiger partial charge in [0, 0.05) is 23.0 Å². The van der Waals surface area contributed by atoms with E-state index in [1.807, 2.05) is 11.3 Å². The Morgan fingerprint density at radius 3 is 2.35 bits per heavy atom. The summed E-state index contributed by atoms with van der Waals surface area (Å²) in [5.41, 5.74) is 1.29. The predicted molar refractivity (Wildman–Crippen MR) is 87.7 cm³/mol. The fraction of sp³-hybridized carbons (Fsp3) is 0. The Labute approximate surface area is 126 Å².